The molecule has 1 unspecified atom stereocenters. The standard InChI is InChI=1S/C11H24N4O2/c1-16-8-10(17-2)7-13-11(15-12)14-9-5-3-4-6-9/h9-10H,3-8,12H2,1-2H3,(H2,13,14,15). The Balaban J connectivity index is 2.36. The molecule has 0 amide bonds. The molecule has 0 aliphatic heterocycles. The van der Waals surface area contributed by atoms with Crippen LogP contribution in [0.5, 0.6) is 0 Å². The first-order valence-corrected chi connectivity index (χ1v) is 6.09. The van der Waals surface area contributed by atoms with Crippen molar-refractivity contribution in [3.8, 4) is 0 Å². The lowest BCUT2D eigenvalue weighted by atomic mass is 10.2. The first-order chi connectivity index (χ1) is 8.30. The molecule has 0 aromatic carbocycles. The summed E-state index contributed by atoms with van der Waals surface area (Å²) in [7, 11) is 3.30. The fourth-order valence-electron chi connectivity index (χ4n) is 1.97. The molecule has 0 aromatic rings. The van der Waals surface area contributed by atoms with Crippen LogP contribution >= 0.6 is 0 Å². The molecule has 0 saturated heterocycles. The predicted molar refractivity (Wildman–Crippen MR) is 67.7 cm³/mol. The fraction of sp³-hybridized carbons (Fsp3) is 0.909. The van der Waals surface area contributed by atoms with Crippen molar-refractivity contribution in [3.63, 3.8) is 0 Å². The number of guanidine groups is 1. The van der Waals surface area contributed by atoms with Crippen molar-refractivity contribution in [2.45, 2.75) is 37.8 Å². The smallest absolute Gasteiger partial charge is 0.206 e. The van der Waals surface area contributed by atoms with Crippen LogP contribution in [-0.4, -0.2) is 45.5 Å². The van der Waals surface area contributed by atoms with Gasteiger partial charge in [-0.1, -0.05) is 12.8 Å². The third kappa shape index (κ3) is 5.34. The van der Waals surface area contributed by atoms with Gasteiger partial charge in [-0.15, -0.1) is 0 Å². The topological polar surface area (TPSA) is 80.9 Å². The van der Waals surface area contributed by atoms with E-state index in [-0.39, 0.29) is 6.10 Å². The quantitative estimate of drug-likeness (QED) is 0.265. The number of hydrazine groups is 1. The van der Waals surface area contributed by atoms with Crippen LogP contribution in [-0.2, 0) is 9.47 Å². The molecule has 1 rings (SSSR count). The van der Waals surface area contributed by atoms with Crippen LogP contribution in [0.3, 0.4) is 0 Å². The van der Waals surface area contributed by atoms with Gasteiger partial charge in [-0.3, -0.25) is 5.43 Å². The molecule has 100 valence electrons. The van der Waals surface area contributed by atoms with Crippen molar-refractivity contribution in [2.24, 2.45) is 10.8 Å². The number of hydrogen-bond acceptors (Lipinski definition) is 4. The molecular weight excluding hydrogens is 220 g/mol. The first kappa shape index (κ1) is 14.2. The van der Waals surface area contributed by atoms with Gasteiger partial charge in [0, 0.05) is 20.3 Å². The Labute approximate surface area is 103 Å². The molecule has 0 aromatic heterocycles. The molecule has 6 nitrogen and oxygen atoms in total. The van der Waals surface area contributed by atoms with Crippen LogP contribution in [0.15, 0.2) is 4.99 Å². The Bertz CT molecular complexity index is 230. The van der Waals surface area contributed by atoms with Crippen LogP contribution in [0.25, 0.3) is 0 Å². The molecule has 0 bridgehead atoms. The summed E-state index contributed by atoms with van der Waals surface area (Å²) in [5.41, 5.74) is 2.59. The average molecular weight is 244 g/mol. The van der Waals surface area contributed by atoms with Crippen molar-refractivity contribution in [2.75, 3.05) is 27.4 Å². The Kier molecular flexibility index (Phi) is 6.91. The Morgan fingerprint density at radius 2 is 2.12 bits per heavy atom. The monoisotopic (exact) mass is 244 g/mol. The van der Waals surface area contributed by atoms with Gasteiger partial charge in [0.1, 0.15) is 6.10 Å². The van der Waals surface area contributed by atoms with Crippen LogP contribution < -0.4 is 16.6 Å². The second-order valence-electron chi connectivity index (χ2n) is 4.27. The Morgan fingerprint density at radius 1 is 1.41 bits per heavy atom. The highest BCUT2D eigenvalue weighted by atomic mass is 16.5. The molecule has 6 heteroatoms. The van der Waals surface area contributed by atoms with Gasteiger partial charge in [-0.25, -0.2) is 10.8 Å². The number of aliphatic imine (C=N–C) groups is 1. The fourth-order valence-corrected chi connectivity index (χ4v) is 1.97. The molecule has 0 spiro atoms. The summed E-state index contributed by atoms with van der Waals surface area (Å²) in [5.74, 6) is 6.07. The van der Waals surface area contributed by atoms with E-state index in [0.29, 0.717) is 25.2 Å². The van der Waals surface area contributed by atoms with Gasteiger partial charge in [0.2, 0.25) is 5.96 Å². The SMILES string of the molecule is COCC(CN=C(NN)NC1CCCC1)OC. The van der Waals surface area contributed by atoms with Gasteiger partial charge in [0.25, 0.3) is 0 Å². The number of hydrogen-bond donors (Lipinski definition) is 3. The van der Waals surface area contributed by atoms with Crippen LogP contribution in [0, 0.1) is 0 Å². The molecule has 1 saturated carbocycles. The van der Waals surface area contributed by atoms with E-state index >= 15 is 0 Å². The lowest BCUT2D eigenvalue weighted by Gasteiger charge is -2.16. The van der Waals surface area contributed by atoms with Gasteiger partial charge >= 0.3 is 0 Å². The molecular formula is C11H24N4O2. The summed E-state index contributed by atoms with van der Waals surface area (Å²) < 4.78 is 10.3. The summed E-state index contributed by atoms with van der Waals surface area (Å²) in [6.45, 7) is 1.06. The van der Waals surface area contributed by atoms with Crippen molar-refractivity contribution in [3.05, 3.63) is 0 Å². The van der Waals surface area contributed by atoms with Crippen molar-refractivity contribution in [1.82, 2.24) is 10.7 Å². The lowest BCUT2D eigenvalue weighted by molar-refractivity contribution is 0.0343. The third-order valence-electron chi connectivity index (χ3n) is 2.97. The molecule has 17 heavy (non-hydrogen) atoms. The van der Waals surface area contributed by atoms with Gasteiger partial charge in [-0.05, 0) is 12.8 Å². The summed E-state index contributed by atoms with van der Waals surface area (Å²) >= 11 is 0. The Morgan fingerprint density at radius 3 is 2.65 bits per heavy atom. The Hall–Kier alpha value is -0.850. The molecule has 0 radical (unpaired) electrons. The minimum absolute atomic E-state index is 0.0336. The maximum absolute atomic E-state index is 5.44. The third-order valence-corrected chi connectivity index (χ3v) is 2.97. The highest BCUT2D eigenvalue weighted by molar-refractivity contribution is 5.79. The molecule has 1 aliphatic carbocycles. The summed E-state index contributed by atoms with van der Waals surface area (Å²) in [4.78, 5) is 4.36. The van der Waals surface area contributed by atoms with E-state index in [2.05, 4.69) is 15.7 Å². The van der Waals surface area contributed by atoms with Crippen LogP contribution in [0.1, 0.15) is 25.7 Å². The van der Waals surface area contributed by atoms with Gasteiger partial charge in [0.05, 0.1) is 13.2 Å². The van der Waals surface area contributed by atoms with E-state index in [9.17, 15) is 0 Å². The molecule has 1 atom stereocenters. The first-order valence-electron chi connectivity index (χ1n) is 6.09. The summed E-state index contributed by atoms with van der Waals surface area (Å²) in [5, 5.41) is 3.30. The van der Waals surface area contributed by atoms with Crippen LogP contribution in [0.2, 0.25) is 0 Å². The number of nitrogens with one attached hydrogen (secondary N) is 2. The zero-order chi connectivity index (χ0) is 12.5. The van der Waals surface area contributed by atoms with Gasteiger partial charge in [0.15, 0.2) is 0 Å². The molecule has 0 heterocycles. The number of rotatable bonds is 6. The maximum atomic E-state index is 5.44. The van der Waals surface area contributed by atoms with E-state index in [1.165, 1.54) is 25.7 Å². The molecule has 4 N–H and O–H groups in total. The van der Waals surface area contributed by atoms with E-state index in [1.54, 1.807) is 14.2 Å². The second-order valence-corrected chi connectivity index (χ2v) is 4.27. The van der Waals surface area contributed by atoms with Crippen LogP contribution in [0.4, 0.5) is 0 Å². The summed E-state index contributed by atoms with van der Waals surface area (Å²) in [6.07, 6.45) is 4.90. The number of nitrogens with two attached hydrogens (primary N) is 1. The largest absolute Gasteiger partial charge is 0.382 e. The minimum atomic E-state index is -0.0336. The number of ether oxygens (including phenoxy) is 2. The van der Waals surface area contributed by atoms with E-state index < -0.39 is 0 Å². The molecule has 1 fully saturated rings. The highest BCUT2D eigenvalue weighted by Gasteiger charge is 2.16. The second kappa shape index (κ2) is 8.27. The number of methoxy groups -OCH3 is 2. The predicted octanol–water partition coefficient (Wildman–Crippen LogP) is -0.000700. The highest BCUT2D eigenvalue weighted by Crippen LogP contribution is 2.17. The van der Waals surface area contributed by atoms with Gasteiger partial charge < -0.3 is 14.8 Å². The lowest BCUT2D eigenvalue weighted by Crippen LogP contribution is -2.46. The zero-order valence-electron chi connectivity index (χ0n) is 10.7. The maximum Gasteiger partial charge on any atom is 0.206 e. The minimum Gasteiger partial charge on any atom is -0.382 e. The van der Waals surface area contributed by atoms with Crippen molar-refractivity contribution < 1.29 is 9.47 Å². The normalized spacial score (nSPS) is 19.4. The van der Waals surface area contributed by atoms with Crippen molar-refractivity contribution in [1.29, 1.82) is 0 Å². The average Bonchev–Trinajstić information content (AvgIpc) is 2.85. The van der Waals surface area contributed by atoms with E-state index in [4.69, 9.17) is 15.3 Å². The van der Waals surface area contributed by atoms with E-state index in [0.717, 1.165) is 0 Å². The van der Waals surface area contributed by atoms with Crippen molar-refractivity contribution >= 4 is 5.96 Å². The van der Waals surface area contributed by atoms with E-state index in [1.807, 2.05) is 0 Å². The van der Waals surface area contributed by atoms with Gasteiger partial charge in [-0.2, -0.15) is 0 Å². The molecule has 1 aliphatic rings. The summed E-state index contributed by atoms with van der Waals surface area (Å²) in [6, 6.07) is 0.494. The zero-order valence-corrected chi connectivity index (χ0v) is 10.7. The number of nitrogens with zero attached hydrogens (tertiary/aromatic N) is 1.